The Hall–Kier alpha value is -1.25. The lowest BCUT2D eigenvalue weighted by Crippen LogP contribution is -2.57. The lowest BCUT2D eigenvalue weighted by molar-refractivity contribution is 0.247. The fourth-order valence-corrected chi connectivity index (χ4v) is 2.68. The van der Waals surface area contributed by atoms with E-state index in [0.29, 0.717) is 5.69 Å². The number of anilines is 2. The highest BCUT2D eigenvalue weighted by Gasteiger charge is 2.34. The summed E-state index contributed by atoms with van der Waals surface area (Å²) in [5.41, 5.74) is 1.34. The molecule has 2 aromatic carbocycles. The monoisotopic (exact) mass is 494 g/mol. The summed E-state index contributed by atoms with van der Waals surface area (Å²) >= 11 is 26.4. The minimum atomic E-state index is -1.83. The van der Waals surface area contributed by atoms with Crippen molar-refractivity contribution in [1.82, 2.24) is 10.6 Å². The summed E-state index contributed by atoms with van der Waals surface area (Å²) in [4.78, 5) is 12.1. The van der Waals surface area contributed by atoms with Crippen LogP contribution in [0.15, 0.2) is 59.1 Å². The number of para-hydroxylation sites is 1. The Morgan fingerprint density at radius 1 is 0.923 bits per heavy atom. The first kappa shape index (κ1) is 21.1. The molecule has 0 saturated carbocycles. The van der Waals surface area contributed by atoms with E-state index >= 15 is 0 Å². The van der Waals surface area contributed by atoms with E-state index in [4.69, 9.17) is 47.0 Å². The Balaban J connectivity index is 1.97. The summed E-state index contributed by atoms with van der Waals surface area (Å²) in [6.45, 7) is 0. The number of nitrogens with one attached hydrogen (secondary N) is 4. The van der Waals surface area contributed by atoms with Crippen LogP contribution in [0, 0.1) is 0 Å². The van der Waals surface area contributed by atoms with Gasteiger partial charge in [-0.05, 0) is 48.6 Å². The van der Waals surface area contributed by atoms with Gasteiger partial charge in [-0.25, -0.2) is 4.79 Å². The highest BCUT2D eigenvalue weighted by atomic mass is 79.9. The van der Waals surface area contributed by atoms with Gasteiger partial charge in [0.05, 0.1) is 0 Å². The van der Waals surface area contributed by atoms with Crippen LogP contribution in [0.3, 0.4) is 0 Å². The van der Waals surface area contributed by atoms with Crippen LogP contribution in [-0.4, -0.2) is 21.1 Å². The molecule has 0 fully saturated rings. The van der Waals surface area contributed by atoms with Crippen LogP contribution in [-0.2, 0) is 0 Å². The number of amides is 2. The zero-order valence-corrected chi connectivity index (χ0v) is 17.8. The van der Waals surface area contributed by atoms with Crippen molar-refractivity contribution in [2.45, 2.75) is 9.96 Å². The third-order valence-electron chi connectivity index (χ3n) is 3.01. The third kappa shape index (κ3) is 7.17. The van der Waals surface area contributed by atoms with Crippen LogP contribution >= 0.6 is 63.0 Å². The molecule has 0 aliphatic carbocycles. The van der Waals surface area contributed by atoms with Gasteiger partial charge in [0, 0.05) is 15.8 Å². The van der Waals surface area contributed by atoms with Crippen LogP contribution in [0.25, 0.3) is 0 Å². The highest BCUT2D eigenvalue weighted by molar-refractivity contribution is 9.10. The fraction of sp³-hybridized carbons (Fsp3) is 0.125. The Morgan fingerprint density at radius 3 is 2.08 bits per heavy atom. The quantitative estimate of drug-likeness (QED) is 0.265. The summed E-state index contributed by atoms with van der Waals surface area (Å²) in [5, 5.41) is 11.1. The second kappa shape index (κ2) is 9.62. The van der Waals surface area contributed by atoms with Gasteiger partial charge in [-0.2, -0.15) is 0 Å². The smallest absolute Gasteiger partial charge is 0.320 e. The van der Waals surface area contributed by atoms with Gasteiger partial charge in [-0.15, -0.1) is 0 Å². The van der Waals surface area contributed by atoms with Gasteiger partial charge < -0.3 is 21.3 Å². The Labute approximate surface area is 179 Å². The van der Waals surface area contributed by atoms with Gasteiger partial charge in [0.15, 0.2) is 11.3 Å². The van der Waals surface area contributed by atoms with Gasteiger partial charge in [0.2, 0.25) is 3.79 Å². The van der Waals surface area contributed by atoms with Crippen molar-refractivity contribution < 1.29 is 4.79 Å². The van der Waals surface area contributed by atoms with Crippen molar-refractivity contribution in [1.29, 1.82) is 0 Å². The number of carbonyl (C=O) groups excluding carboxylic acids is 1. The van der Waals surface area contributed by atoms with Crippen molar-refractivity contribution in [3.63, 3.8) is 0 Å². The zero-order chi connectivity index (χ0) is 19.2. The van der Waals surface area contributed by atoms with E-state index in [2.05, 4.69) is 37.2 Å². The summed E-state index contributed by atoms with van der Waals surface area (Å²) in [5.74, 6) is 0. The second-order valence-corrected chi connectivity index (χ2v) is 8.74. The molecule has 1 atom stereocenters. The van der Waals surface area contributed by atoms with Gasteiger partial charge in [0.1, 0.15) is 0 Å². The van der Waals surface area contributed by atoms with E-state index in [-0.39, 0.29) is 5.11 Å². The molecular weight excluding hydrogens is 483 g/mol. The average Bonchev–Trinajstić information content (AvgIpc) is 2.56. The molecule has 0 radical (unpaired) electrons. The predicted molar refractivity (Wildman–Crippen MR) is 116 cm³/mol. The van der Waals surface area contributed by atoms with Crippen molar-refractivity contribution in [2.75, 3.05) is 10.6 Å². The van der Waals surface area contributed by atoms with E-state index in [1.165, 1.54) is 0 Å². The maximum atomic E-state index is 12.1. The largest absolute Gasteiger partial charge is 0.339 e. The first-order valence-electron chi connectivity index (χ1n) is 7.26. The first-order valence-corrected chi connectivity index (χ1v) is 9.60. The normalized spacial score (nSPS) is 12.0. The van der Waals surface area contributed by atoms with Gasteiger partial charge in [-0.1, -0.05) is 68.9 Å². The van der Waals surface area contributed by atoms with Crippen LogP contribution in [0.4, 0.5) is 16.2 Å². The number of thiocarbonyl (C=S) groups is 1. The molecule has 5 nitrogen and oxygen atoms in total. The minimum Gasteiger partial charge on any atom is -0.339 e. The molecule has 0 heterocycles. The molecule has 26 heavy (non-hydrogen) atoms. The van der Waals surface area contributed by atoms with Crippen LogP contribution in [0.2, 0.25) is 0 Å². The molecule has 0 spiro atoms. The topological polar surface area (TPSA) is 65.2 Å². The minimum absolute atomic E-state index is 0.184. The second-order valence-electron chi connectivity index (χ2n) is 5.04. The van der Waals surface area contributed by atoms with E-state index in [1.807, 2.05) is 30.3 Å². The first-order chi connectivity index (χ1) is 12.2. The molecule has 0 saturated heterocycles. The van der Waals surface area contributed by atoms with Gasteiger partial charge >= 0.3 is 6.03 Å². The number of hydrogen-bond donors (Lipinski definition) is 4. The van der Waals surface area contributed by atoms with E-state index in [1.54, 1.807) is 24.3 Å². The van der Waals surface area contributed by atoms with Crippen molar-refractivity contribution in [3.8, 4) is 0 Å². The number of rotatable bonds is 4. The molecule has 0 unspecified atom stereocenters. The number of urea groups is 1. The molecule has 2 amide bonds. The Kier molecular flexibility index (Phi) is 7.79. The molecule has 10 heteroatoms. The van der Waals surface area contributed by atoms with E-state index in [9.17, 15) is 4.79 Å². The standard InChI is InChI=1S/C16H14BrCl3N4OS/c17-10-6-8-12(9-7-10)22-15(26)24-13(16(18,19)20)23-14(25)21-11-4-2-1-3-5-11/h1-9,13H,(H2,21,23,25)(H2,22,24,26)/t13-/m1/s1. The molecule has 138 valence electrons. The number of halogens is 4. The lowest BCUT2D eigenvalue weighted by atomic mass is 10.3. The maximum Gasteiger partial charge on any atom is 0.320 e. The van der Waals surface area contributed by atoms with Crippen LogP contribution in [0.5, 0.6) is 0 Å². The SMILES string of the molecule is O=C(Nc1ccccc1)N[C@H](NC(=S)Nc1ccc(Br)cc1)C(Cl)(Cl)Cl. The van der Waals surface area contributed by atoms with Gasteiger partial charge in [0.25, 0.3) is 0 Å². The Bertz CT molecular complexity index is 756. The van der Waals surface area contributed by atoms with Crippen molar-refractivity contribution in [2.24, 2.45) is 0 Å². The number of hydrogen-bond acceptors (Lipinski definition) is 2. The summed E-state index contributed by atoms with van der Waals surface area (Å²) in [7, 11) is 0. The van der Waals surface area contributed by atoms with Crippen LogP contribution < -0.4 is 21.3 Å². The molecule has 4 N–H and O–H groups in total. The number of alkyl halides is 3. The Morgan fingerprint density at radius 2 is 1.50 bits per heavy atom. The molecule has 0 aromatic heterocycles. The predicted octanol–water partition coefficient (Wildman–Crippen LogP) is 5.25. The molecular formula is C16H14BrCl3N4OS. The van der Waals surface area contributed by atoms with Crippen LogP contribution in [0.1, 0.15) is 0 Å². The molecule has 0 bridgehead atoms. The highest BCUT2D eigenvalue weighted by Crippen LogP contribution is 2.29. The third-order valence-corrected chi connectivity index (χ3v) is 4.42. The molecule has 0 aliphatic heterocycles. The van der Waals surface area contributed by atoms with Crippen molar-refractivity contribution in [3.05, 3.63) is 59.1 Å². The van der Waals surface area contributed by atoms with Gasteiger partial charge in [-0.3, -0.25) is 0 Å². The summed E-state index contributed by atoms with van der Waals surface area (Å²) in [6, 6.07) is 15.7. The molecule has 2 aromatic rings. The number of carbonyl (C=O) groups is 1. The van der Waals surface area contributed by atoms with Crippen molar-refractivity contribution >= 4 is 85.5 Å². The summed E-state index contributed by atoms with van der Waals surface area (Å²) < 4.78 is -0.903. The molecule has 0 aliphatic rings. The molecule has 2 rings (SSSR count). The zero-order valence-electron chi connectivity index (χ0n) is 13.1. The summed E-state index contributed by atoms with van der Waals surface area (Å²) in [6.07, 6.45) is -1.06. The maximum absolute atomic E-state index is 12.1. The van der Waals surface area contributed by atoms with E-state index in [0.717, 1.165) is 10.2 Å². The lowest BCUT2D eigenvalue weighted by Gasteiger charge is -2.27. The fourth-order valence-electron chi connectivity index (χ4n) is 1.85. The average molecular weight is 497 g/mol. The number of benzene rings is 2. The van der Waals surface area contributed by atoms with E-state index < -0.39 is 16.0 Å².